The normalized spacial score (nSPS) is 18.5. The molecule has 22 heavy (non-hydrogen) atoms. The topological polar surface area (TPSA) is 89.7 Å². The zero-order chi connectivity index (χ0) is 15.7. The number of nitrogens with zero attached hydrogens (tertiary/aromatic N) is 1. The zero-order valence-electron chi connectivity index (χ0n) is 11.6. The van der Waals surface area contributed by atoms with Crippen LogP contribution in [-0.4, -0.2) is 22.1 Å². The summed E-state index contributed by atoms with van der Waals surface area (Å²) >= 11 is 0. The predicted molar refractivity (Wildman–Crippen MR) is 79.2 cm³/mol. The van der Waals surface area contributed by atoms with Crippen LogP contribution in [-0.2, 0) is 9.53 Å². The average molecular weight is 299 g/mol. The number of nitro benzene ring substituents is 1. The Hall–Kier alpha value is -2.89. The van der Waals surface area contributed by atoms with Gasteiger partial charge in [0.05, 0.1) is 11.3 Å². The van der Waals surface area contributed by atoms with Crippen molar-refractivity contribution in [2.24, 2.45) is 0 Å². The van der Waals surface area contributed by atoms with Gasteiger partial charge in [-0.1, -0.05) is 18.2 Å². The van der Waals surface area contributed by atoms with Crippen LogP contribution in [0.5, 0.6) is 0 Å². The van der Waals surface area contributed by atoms with Crippen molar-refractivity contribution in [3.05, 3.63) is 63.1 Å². The quantitative estimate of drug-likeness (QED) is 0.667. The minimum absolute atomic E-state index is 0.0374. The third-order valence-electron chi connectivity index (χ3n) is 3.64. The highest BCUT2D eigenvalue weighted by Crippen LogP contribution is 2.23. The van der Waals surface area contributed by atoms with Gasteiger partial charge in [-0.15, -0.1) is 0 Å². The summed E-state index contributed by atoms with van der Waals surface area (Å²) in [6, 6.07) is 4.60. The van der Waals surface area contributed by atoms with Gasteiger partial charge in [-0.05, 0) is 17.4 Å². The summed E-state index contributed by atoms with van der Waals surface area (Å²) in [5, 5.41) is 21.3. The number of allylic oxidation sites excluding steroid dienone is 2. The van der Waals surface area contributed by atoms with Gasteiger partial charge in [0.25, 0.3) is 5.69 Å². The molecule has 1 aromatic rings. The van der Waals surface area contributed by atoms with E-state index in [4.69, 9.17) is 9.84 Å². The number of aliphatic carboxylic acids is 1. The zero-order valence-corrected chi connectivity index (χ0v) is 11.6. The van der Waals surface area contributed by atoms with E-state index in [1.54, 1.807) is 6.07 Å². The third-order valence-corrected chi connectivity index (χ3v) is 3.64. The molecular formula is C16H13NO5. The second-order valence-corrected chi connectivity index (χ2v) is 5.04. The lowest BCUT2D eigenvalue weighted by molar-refractivity contribution is -0.385. The van der Waals surface area contributed by atoms with Gasteiger partial charge < -0.3 is 9.84 Å². The Bertz CT molecular complexity index is 835. The van der Waals surface area contributed by atoms with Crippen LogP contribution in [0.3, 0.4) is 0 Å². The summed E-state index contributed by atoms with van der Waals surface area (Å²) in [5.41, 5.74) is 0.885. The molecule has 3 rings (SSSR count). The molecule has 0 radical (unpaired) electrons. The number of benzene rings is 1. The highest BCUT2D eigenvalue weighted by Gasteiger charge is 2.22. The van der Waals surface area contributed by atoms with Gasteiger partial charge in [0.1, 0.15) is 11.9 Å². The van der Waals surface area contributed by atoms with Crippen LogP contribution < -0.4 is 10.4 Å². The van der Waals surface area contributed by atoms with E-state index in [1.807, 2.05) is 24.3 Å². The Labute approximate surface area is 125 Å². The van der Waals surface area contributed by atoms with Crippen LogP contribution in [0.2, 0.25) is 0 Å². The number of non-ortho nitro benzene ring substituents is 1. The SMILES string of the molecule is O=C(O)CCC1=c2cc([N+](=O)[O-])ccc2=C2C=CC=CC2O1. The fraction of sp³-hybridized carbons (Fsp3) is 0.188. The van der Waals surface area contributed by atoms with E-state index < -0.39 is 10.9 Å². The molecule has 6 heteroatoms. The third kappa shape index (κ3) is 2.50. The van der Waals surface area contributed by atoms with E-state index >= 15 is 0 Å². The van der Waals surface area contributed by atoms with Crippen molar-refractivity contribution in [2.45, 2.75) is 18.9 Å². The van der Waals surface area contributed by atoms with Crippen LogP contribution in [0.25, 0.3) is 11.3 Å². The van der Waals surface area contributed by atoms with E-state index in [1.165, 1.54) is 12.1 Å². The molecule has 112 valence electrons. The van der Waals surface area contributed by atoms with Gasteiger partial charge in [-0.3, -0.25) is 14.9 Å². The van der Waals surface area contributed by atoms with Crippen LogP contribution in [0.15, 0.2) is 42.5 Å². The Morgan fingerprint density at radius 2 is 2.14 bits per heavy atom. The van der Waals surface area contributed by atoms with Crippen LogP contribution >= 0.6 is 0 Å². The lowest BCUT2D eigenvalue weighted by Crippen LogP contribution is -2.38. The molecule has 0 fully saturated rings. The molecule has 0 aromatic heterocycles. The number of hydrogen-bond donors (Lipinski definition) is 1. The molecule has 0 saturated heterocycles. The van der Waals surface area contributed by atoms with Crippen molar-refractivity contribution in [3.8, 4) is 0 Å². The first-order valence-corrected chi connectivity index (χ1v) is 6.81. The maximum Gasteiger partial charge on any atom is 0.303 e. The number of fused-ring (bicyclic) bond motifs is 2. The van der Waals surface area contributed by atoms with Crippen molar-refractivity contribution in [1.29, 1.82) is 0 Å². The fourth-order valence-corrected chi connectivity index (χ4v) is 2.63. The first-order chi connectivity index (χ1) is 10.6. The molecular weight excluding hydrogens is 286 g/mol. The van der Waals surface area contributed by atoms with Gasteiger partial charge in [0.15, 0.2) is 0 Å². The standard InChI is InChI=1S/C16H13NO5/c18-16(19)8-7-15-13-9-10(17(20)21)5-6-11(13)12-3-1-2-4-14(12)22-15/h1-6,9,14H,7-8H2,(H,18,19). The Morgan fingerprint density at radius 3 is 2.86 bits per heavy atom. The number of nitro groups is 1. The van der Waals surface area contributed by atoms with E-state index in [2.05, 4.69) is 0 Å². The molecule has 1 heterocycles. The Balaban J connectivity index is 2.23. The first kappa shape index (κ1) is 14.1. The monoisotopic (exact) mass is 299 g/mol. The maximum atomic E-state index is 11.0. The van der Waals surface area contributed by atoms with Gasteiger partial charge >= 0.3 is 5.97 Å². The molecule has 0 spiro atoms. The highest BCUT2D eigenvalue weighted by molar-refractivity contribution is 5.71. The van der Waals surface area contributed by atoms with Crippen molar-refractivity contribution < 1.29 is 19.6 Å². The molecule has 1 atom stereocenters. The highest BCUT2D eigenvalue weighted by atomic mass is 16.6. The van der Waals surface area contributed by atoms with Crippen molar-refractivity contribution in [1.82, 2.24) is 0 Å². The van der Waals surface area contributed by atoms with Crippen molar-refractivity contribution >= 4 is 23.0 Å². The summed E-state index contributed by atoms with van der Waals surface area (Å²) in [5.74, 6) is -0.452. The summed E-state index contributed by atoms with van der Waals surface area (Å²) in [7, 11) is 0. The molecule has 1 aromatic carbocycles. The molecule has 1 aliphatic carbocycles. The second-order valence-electron chi connectivity index (χ2n) is 5.04. The average Bonchev–Trinajstić information content (AvgIpc) is 2.51. The summed E-state index contributed by atoms with van der Waals surface area (Å²) in [6.07, 6.45) is 7.36. The lowest BCUT2D eigenvalue weighted by Gasteiger charge is -2.25. The van der Waals surface area contributed by atoms with Crippen molar-refractivity contribution in [3.63, 3.8) is 0 Å². The summed E-state index contributed by atoms with van der Waals surface area (Å²) < 4.78 is 5.86. The summed E-state index contributed by atoms with van der Waals surface area (Å²) in [6.45, 7) is 0. The fourth-order valence-electron chi connectivity index (χ4n) is 2.63. The Morgan fingerprint density at radius 1 is 1.32 bits per heavy atom. The predicted octanol–water partition coefficient (Wildman–Crippen LogP) is 1.24. The Kier molecular flexibility index (Phi) is 3.50. The molecule has 1 unspecified atom stereocenters. The smallest absolute Gasteiger partial charge is 0.303 e. The maximum absolute atomic E-state index is 11.0. The van der Waals surface area contributed by atoms with Crippen LogP contribution in [0, 0.1) is 10.1 Å². The summed E-state index contributed by atoms with van der Waals surface area (Å²) in [4.78, 5) is 21.3. The molecule has 6 nitrogen and oxygen atoms in total. The molecule has 2 aliphatic rings. The van der Waals surface area contributed by atoms with E-state index in [-0.39, 0.29) is 24.6 Å². The second kappa shape index (κ2) is 5.48. The molecule has 0 bridgehead atoms. The van der Waals surface area contributed by atoms with E-state index in [9.17, 15) is 14.9 Å². The van der Waals surface area contributed by atoms with Gasteiger partial charge in [-0.25, -0.2) is 0 Å². The largest absolute Gasteiger partial charge is 0.485 e. The van der Waals surface area contributed by atoms with E-state index in [0.717, 1.165) is 10.8 Å². The number of hydrogen-bond acceptors (Lipinski definition) is 4. The van der Waals surface area contributed by atoms with Crippen LogP contribution in [0.1, 0.15) is 12.8 Å². The van der Waals surface area contributed by atoms with Gasteiger partial charge in [0, 0.05) is 29.3 Å². The van der Waals surface area contributed by atoms with Crippen LogP contribution in [0.4, 0.5) is 5.69 Å². The molecule has 0 saturated carbocycles. The minimum Gasteiger partial charge on any atom is -0.485 e. The lowest BCUT2D eigenvalue weighted by atomic mass is 9.97. The van der Waals surface area contributed by atoms with E-state index in [0.29, 0.717) is 11.0 Å². The number of rotatable bonds is 4. The molecule has 0 amide bonds. The van der Waals surface area contributed by atoms with Gasteiger partial charge in [-0.2, -0.15) is 0 Å². The number of carboxylic acids is 1. The van der Waals surface area contributed by atoms with Gasteiger partial charge in [0.2, 0.25) is 0 Å². The first-order valence-electron chi connectivity index (χ1n) is 6.81. The van der Waals surface area contributed by atoms with Crippen molar-refractivity contribution in [2.75, 3.05) is 0 Å². The number of carboxylic acid groups (broad SMARTS) is 1. The number of carbonyl (C=O) groups is 1. The molecule has 1 N–H and O–H groups in total. The minimum atomic E-state index is -0.933. The number of ether oxygens (including phenoxy) is 1. The molecule has 1 aliphatic heterocycles.